The van der Waals surface area contributed by atoms with Crippen molar-refractivity contribution in [2.24, 2.45) is 0 Å². The van der Waals surface area contributed by atoms with Gasteiger partial charge < -0.3 is 14.7 Å². The molecule has 0 aromatic carbocycles. The number of hydrogen-bond donors (Lipinski definition) is 1. The smallest absolute Gasteiger partial charge is 0.146 e. The predicted octanol–water partition coefficient (Wildman–Crippen LogP) is 0.452. The van der Waals surface area contributed by atoms with E-state index >= 15 is 0 Å². The van der Waals surface area contributed by atoms with E-state index < -0.39 is 6.10 Å². The number of aliphatic hydroxyl groups is 1. The Morgan fingerprint density at radius 1 is 1.32 bits per heavy atom. The Labute approximate surface area is 130 Å². The summed E-state index contributed by atoms with van der Waals surface area (Å²) < 4.78 is 5.38. The summed E-state index contributed by atoms with van der Waals surface area (Å²) in [6, 6.07) is 4.19. The summed E-state index contributed by atoms with van der Waals surface area (Å²) >= 11 is 0. The highest BCUT2D eigenvalue weighted by Crippen LogP contribution is 2.26. The molecule has 0 unspecified atom stereocenters. The van der Waals surface area contributed by atoms with Crippen molar-refractivity contribution in [3.63, 3.8) is 0 Å². The van der Waals surface area contributed by atoms with Crippen molar-refractivity contribution >= 4 is 5.82 Å². The molecular formula is C16H22N4O2. The molecule has 6 nitrogen and oxygen atoms in total. The molecule has 2 saturated heterocycles. The average molecular weight is 302 g/mol. The molecule has 2 aliphatic rings. The summed E-state index contributed by atoms with van der Waals surface area (Å²) in [5, 5.41) is 19.8. The number of nitrogens with zero attached hydrogens (tertiary/aromatic N) is 4. The highest BCUT2D eigenvalue weighted by molar-refractivity contribution is 5.57. The second kappa shape index (κ2) is 6.21. The van der Waals surface area contributed by atoms with Crippen molar-refractivity contribution in [3.05, 3.63) is 22.9 Å². The average Bonchev–Trinajstić information content (AvgIpc) is 2.92. The van der Waals surface area contributed by atoms with E-state index in [0.29, 0.717) is 37.7 Å². The van der Waals surface area contributed by atoms with Crippen molar-refractivity contribution in [2.45, 2.75) is 26.0 Å². The highest BCUT2D eigenvalue weighted by atomic mass is 16.5. The second-order valence-electron chi connectivity index (χ2n) is 6.06. The third-order valence-electron chi connectivity index (χ3n) is 4.64. The lowest BCUT2D eigenvalue weighted by Gasteiger charge is -2.33. The molecule has 0 amide bonds. The Kier molecular flexibility index (Phi) is 4.30. The number of hydrogen-bond acceptors (Lipinski definition) is 6. The van der Waals surface area contributed by atoms with E-state index in [4.69, 9.17) is 4.74 Å². The molecule has 0 radical (unpaired) electrons. The Hall–Kier alpha value is -1.68. The number of anilines is 1. The molecule has 3 heterocycles. The molecule has 0 saturated carbocycles. The lowest BCUT2D eigenvalue weighted by atomic mass is 10.1. The van der Waals surface area contributed by atoms with Crippen LogP contribution in [-0.4, -0.2) is 66.5 Å². The fourth-order valence-electron chi connectivity index (χ4n) is 3.23. The van der Waals surface area contributed by atoms with Gasteiger partial charge in [-0.2, -0.15) is 5.26 Å². The van der Waals surface area contributed by atoms with E-state index in [-0.39, 0.29) is 6.04 Å². The van der Waals surface area contributed by atoms with Crippen LogP contribution in [0.1, 0.15) is 16.8 Å². The van der Waals surface area contributed by atoms with Gasteiger partial charge in [-0.1, -0.05) is 0 Å². The van der Waals surface area contributed by atoms with Gasteiger partial charge in [0.25, 0.3) is 0 Å². The number of aryl methyl sites for hydroxylation is 2. The van der Waals surface area contributed by atoms with Crippen molar-refractivity contribution in [2.75, 3.05) is 44.3 Å². The summed E-state index contributed by atoms with van der Waals surface area (Å²) in [5.74, 6) is 0.695. The molecule has 2 aliphatic heterocycles. The van der Waals surface area contributed by atoms with Crippen LogP contribution < -0.4 is 4.90 Å². The van der Waals surface area contributed by atoms with Gasteiger partial charge in [0, 0.05) is 31.9 Å². The minimum Gasteiger partial charge on any atom is -0.390 e. The first kappa shape index (κ1) is 15.2. The van der Waals surface area contributed by atoms with Gasteiger partial charge in [0.1, 0.15) is 11.9 Å². The monoisotopic (exact) mass is 302 g/mol. The minimum absolute atomic E-state index is 0.0823. The standard InChI is InChI=1S/C16H22N4O2/c1-11-7-13(8-17)16(18-12(11)2)20-9-14(15(21)10-20)19-3-5-22-6-4-19/h7,14-15,21H,3-6,9-10H2,1-2H3/t14-,15-/m0/s1. The highest BCUT2D eigenvalue weighted by Gasteiger charge is 2.37. The van der Waals surface area contributed by atoms with E-state index in [9.17, 15) is 10.4 Å². The Bertz CT molecular complexity index is 593. The third-order valence-corrected chi connectivity index (χ3v) is 4.64. The SMILES string of the molecule is Cc1cc(C#N)c(N2C[C@H](O)[C@@H](N3CCOCC3)C2)nc1C. The first-order valence-corrected chi connectivity index (χ1v) is 7.73. The van der Waals surface area contributed by atoms with Crippen LogP contribution >= 0.6 is 0 Å². The van der Waals surface area contributed by atoms with E-state index in [1.54, 1.807) is 0 Å². The maximum Gasteiger partial charge on any atom is 0.146 e. The number of aromatic nitrogens is 1. The van der Waals surface area contributed by atoms with Crippen LogP contribution in [0.4, 0.5) is 5.82 Å². The van der Waals surface area contributed by atoms with E-state index in [2.05, 4.69) is 16.0 Å². The maximum atomic E-state index is 10.4. The fraction of sp³-hybridized carbons (Fsp3) is 0.625. The second-order valence-corrected chi connectivity index (χ2v) is 6.06. The van der Waals surface area contributed by atoms with Crippen LogP contribution in [0.5, 0.6) is 0 Å². The van der Waals surface area contributed by atoms with Crippen LogP contribution in [0.15, 0.2) is 6.07 Å². The van der Waals surface area contributed by atoms with Crippen LogP contribution in [0.25, 0.3) is 0 Å². The van der Waals surface area contributed by atoms with Crippen molar-refractivity contribution in [1.82, 2.24) is 9.88 Å². The molecular weight excluding hydrogens is 280 g/mol. The molecule has 6 heteroatoms. The molecule has 1 aromatic rings. The minimum atomic E-state index is -0.423. The quantitative estimate of drug-likeness (QED) is 0.855. The number of nitriles is 1. The molecule has 118 valence electrons. The zero-order chi connectivity index (χ0) is 15.7. The van der Waals surface area contributed by atoms with Gasteiger partial charge in [-0.05, 0) is 25.5 Å². The largest absolute Gasteiger partial charge is 0.390 e. The molecule has 1 aromatic heterocycles. The first-order chi connectivity index (χ1) is 10.6. The van der Waals surface area contributed by atoms with Gasteiger partial charge in [-0.15, -0.1) is 0 Å². The van der Waals surface area contributed by atoms with Crippen molar-refractivity contribution in [3.8, 4) is 6.07 Å². The predicted molar refractivity (Wildman–Crippen MR) is 82.8 cm³/mol. The number of ether oxygens (including phenoxy) is 1. The Balaban J connectivity index is 1.82. The van der Waals surface area contributed by atoms with E-state index in [0.717, 1.165) is 24.3 Å². The van der Waals surface area contributed by atoms with Crippen LogP contribution in [0, 0.1) is 25.2 Å². The summed E-state index contributed by atoms with van der Waals surface area (Å²) in [6.45, 7) is 8.26. The van der Waals surface area contributed by atoms with Gasteiger partial charge in [0.05, 0.1) is 30.9 Å². The van der Waals surface area contributed by atoms with Gasteiger partial charge in [-0.25, -0.2) is 4.98 Å². The topological polar surface area (TPSA) is 72.6 Å². The number of morpholine rings is 1. The zero-order valence-corrected chi connectivity index (χ0v) is 13.1. The van der Waals surface area contributed by atoms with Gasteiger partial charge >= 0.3 is 0 Å². The molecule has 22 heavy (non-hydrogen) atoms. The third kappa shape index (κ3) is 2.80. The van der Waals surface area contributed by atoms with Gasteiger partial charge in [0.15, 0.2) is 0 Å². The zero-order valence-electron chi connectivity index (χ0n) is 13.1. The fourth-order valence-corrected chi connectivity index (χ4v) is 3.23. The molecule has 0 aliphatic carbocycles. The lowest BCUT2D eigenvalue weighted by molar-refractivity contribution is -0.00588. The van der Waals surface area contributed by atoms with Crippen molar-refractivity contribution in [1.29, 1.82) is 5.26 Å². The molecule has 2 fully saturated rings. The van der Waals surface area contributed by atoms with Crippen molar-refractivity contribution < 1.29 is 9.84 Å². The number of β-amino-alcohol motifs (C(OH)–C–C–N with tert-alkyl or cyclic N) is 1. The molecule has 0 spiro atoms. The van der Waals surface area contributed by atoms with Gasteiger partial charge in [-0.3, -0.25) is 4.90 Å². The molecule has 3 rings (SSSR count). The number of rotatable bonds is 2. The van der Waals surface area contributed by atoms with Crippen LogP contribution in [0.3, 0.4) is 0 Å². The first-order valence-electron chi connectivity index (χ1n) is 7.73. The number of aliphatic hydroxyl groups excluding tert-OH is 1. The Morgan fingerprint density at radius 2 is 2.05 bits per heavy atom. The normalized spacial score (nSPS) is 26.2. The van der Waals surface area contributed by atoms with Crippen LogP contribution in [0.2, 0.25) is 0 Å². The maximum absolute atomic E-state index is 10.4. The molecule has 0 bridgehead atoms. The summed E-state index contributed by atoms with van der Waals surface area (Å²) in [4.78, 5) is 8.91. The van der Waals surface area contributed by atoms with E-state index in [1.165, 1.54) is 0 Å². The summed E-state index contributed by atoms with van der Waals surface area (Å²) in [6.07, 6.45) is -0.423. The molecule has 2 atom stereocenters. The number of pyridine rings is 1. The lowest BCUT2D eigenvalue weighted by Crippen LogP contribution is -2.48. The van der Waals surface area contributed by atoms with Crippen LogP contribution in [-0.2, 0) is 4.74 Å². The van der Waals surface area contributed by atoms with Gasteiger partial charge in [0.2, 0.25) is 0 Å². The molecule has 1 N–H and O–H groups in total. The summed E-state index contributed by atoms with van der Waals surface area (Å²) in [7, 11) is 0. The Morgan fingerprint density at radius 3 is 2.73 bits per heavy atom. The van der Waals surface area contributed by atoms with E-state index in [1.807, 2.05) is 24.8 Å². The summed E-state index contributed by atoms with van der Waals surface area (Å²) in [5.41, 5.74) is 2.53.